The summed E-state index contributed by atoms with van der Waals surface area (Å²) in [5.41, 5.74) is 2.87. The maximum absolute atomic E-state index is 14.2. The predicted octanol–water partition coefficient (Wildman–Crippen LogP) is 3.05. The summed E-state index contributed by atoms with van der Waals surface area (Å²) in [6, 6.07) is 4.79. The van der Waals surface area contributed by atoms with Gasteiger partial charge in [-0.25, -0.2) is 4.39 Å². The van der Waals surface area contributed by atoms with Gasteiger partial charge in [0.25, 0.3) is 5.91 Å². The third kappa shape index (κ3) is 4.26. The van der Waals surface area contributed by atoms with Gasteiger partial charge in [-0.2, -0.15) is 0 Å². The molecule has 6 nitrogen and oxygen atoms in total. The fraction of sp³-hybridized carbons (Fsp3) is 0.346. The van der Waals surface area contributed by atoms with Gasteiger partial charge in [0.15, 0.2) is 11.6 Å². The Morgan fingerprint density at radius 2 is 1.88 bits per heavy atom. The van der Waals surface area contributed by atoms with Crippen LogP contribution in [0.4, 0.5) is 4.39 Å². The molecule has 4 heterocycles. The molecule has 7 heteroatoms. The number of hydrogen-bond donors (Lipinski definition) is 1. The molecule has 4 aliphatic heterocycles. The second kappa shape index (κ2) is 9.00. The second-order valence-corrected chi connectivity index (χ2v) is 8.78. The first-order chi connectivity index (χ1) is 16.0. The largest absolute Gasteiger partial charge is 0.494 e. The zero-order valence-corrected chi connectivity index (χ0v) is 18.7. The first kappa shape index (κ1) is 21.7. The molecule has 4 aliphatic rings. The van der Waals surface area contributed by atoms with Crippen LogP contribution in [-0.2, 0) is 4.79 Å². The van der Waals surface area contributed by atoms with E-state index in [0.717, 1.165) is 31.0 Å². The Morgan fingerprint density at radius 3 is 2.64 bits per heavy atom. The first-order valence-electron chi connectivity index (χ1n) is 11.4. The molecule has 2 atom stereocenters. The SMILES string of the molecule is COc1ccc(C2=CC(=O)N3C=C(N4C[C@H](O)[C@@H](N5CCCC5)C4)C=C/C3=C\C=C2)cc1F. The summed E-state index contributed by atoms with van der Waals surface area (Å²) in [5.74, 6) is -0.524. The molecule has 0 unspecified atom stereocenters. The van der Waals surface area contributed by atoms with Crippen LogP contribution in [0, 0.1) is 5.82 Å². The zero-order valence-electron chi connectivity index (χ0n) is 18.7. The number of carbonyl (C=O) groups is 1. The van der Waals surface area contributed by atoms with Crippen molar-refractivity contribution in [3.8, 4) is 5.75 Å². The highest BCUT2D eigenvalue weighted by atomic mass is 19.1. The van der Waals surface area contributed by atoms with E-state index >= 15 is 0 Å². The average Bonchev–Trinajstić information content (AvgIpc) is 3.47. The third-order valence-electron chi connectivity index (χ3n) is 6.74. The minimum absolute atomic E-state index is 0.126. The molecular weight excluding hydrogens is 421 g/mol. The van der Waals surface area contributed by atoms with E-state index in [-0.39, 0.29) is 17.7 Å². The van der Waals surface area contributed by atoms with Gasteiger partial charge < -0.3 is 14.7 Å². The number of likely N-dealkylation sites (tertiary alicyclic amines) is 2. The van der Waals surface area contributed by atoms with Gasteiger partial charge in [0.2, 0.25) is 0 Å². The molecule has 0 saturated carbocycles. The minimum atomic E-state index is -0.474. The number of ether oxygens (including phenoxy) is 1. The lowest BCUT2D eigenvalue weighted by molar-refractivity contribution is -0.122. The van der Waals surface area contributed by atoms with Gasteiger partial charge in [-0.05, 0) is 67.4 Å². The van der Waals surface area contributed by atoms with Crippen molar-refractivity contribution >= 4 is 11.5 Å². The zero-order chi connectivity index (χ0) is 22.9. The highest BCUT2D eigenvalue weighted by molar-refractivity contribution is 5.99. The predicted molar refractivity (Wildman–Crippen MR) is 124 cm³/mol. The number of hydrogen-bond acceptors (Lipinski definition) is 5. The van der Waals surface area contributed by atoms with E-state index in [9.17, 15) is 14.3 Å². The third-order valence-corrected chi connectivity index (χ3v) is 6.74. The molecule has 2 saturated heterocycles. The number of benzene rings is 1. The van der Waals surface area contributed by atoms with Crippen LogP contribution in [0.5, 0.6) is 5.75 Å². The fourth-order valence-corrected chi connectivity index (χ4v) is 4.95. The van der Waals surface area contributed by atoms with Crippen molar-refractivity contribution in [1.29, 1.82) is 0 Å². The van der Waals surface area contributed by atoms with Crippen LogP contribution in [0.2, 0.25) is 0 Å². The van der Waals surface area contributed by atoms with Crippen LogP contribution in [0.25, 0.3) is 5.57 Å². The van der Waals surface area contributed by atoms with Crippen molar-refractivity contribution in [2.75, 3.05) is 33.3 Å². The van der Waals surface area contributed by atoms with Gasteiger partial charge in [0.1, 0.15) is 0 Å². The summed E-state index contributed by atoms with van der Waals surface area (Å²) >= 11 is 0. The number of methoxy groups -OCH3 is 1. The fourth-order valence-electron chi connectivity index (χ4n) is 4.95. The Labute approximate surface area is 193 Å². The molecule has 1 aromatic rings. The van der Waals surface area contributed by atoms with E-state index < -0.39 is 11.9 Å². The number of allylic oxidation sites excluding steroid dienone is 6. The summed E-state index contributed by atoms with van der Waals surface area (Å²) in [6.45, 7) is 3.36. The van der Waals surface area contributed by atoms with E-state index in [0.29, 0.717) is 17.7 Å². The molecule has 0 aromatic heterocycles. The highest BCUT2D eigenvalue weighted by Gasteiger charge is 2.37. The molecule has 2 fully saturated rings. The van der Waals surface area contributed by atoms with E-state index in [2.05, 4.69) is 9.80 Å². The maximum Gasteiger partial charge on any atom is 0.255 e. The lowest BCUT2D eigenvalue weighted by Crippen LogP contribution is -2.41. The number of amides is 1. The van der Waals surface area contributed by atoms with Crippen molar-refractivity contribution in [2.24, 2.45) is 0 Å². The number of nitrogens with zero attached hydrogens (tertiary/aromatic N) is 3. The molecule has 172 valence electrons. The normalized spacial score (nSPS) is 27.0. The Kier molecular flexibility index (Phi) is 5.91. The summed E-state index contributed by atoms with van der Waals surface area (Å²) in [5, 5.41) is 10.7. The number of halogens is 1. The summed E-state index contributed by atoms with van der Waals surface area (Å²) in [6.07, 6.45) is 14.7. The van der Waals surface area contributed by atoms with Crippen LogP contribution in [-0.4, -0.2) is 71.1 Å². The molecule has 0 bridgehead atoms. The molecule has 1 N–H and O–H groups in total. The molecule has 1 amide bonds. The van der Waals surface area contributed by atoms with E-state index in [1.807, 2.05) is 30.5 Å². The molecule has 0 radical (unpaired) electrons. The van der Waals surface area contributed by atoms with Crippen molar-refractivity contribution in [2.45, 2.75) is 25.0 Å². The molecular formula is C26H28FN3O3. The van der Waals surface area contributed by atoms with Crippen LogP contribution < -0.4 is 4.74 Å². The Bertz CT molecular complexity index is 1100. The average molecular weight is 450 g/mol. The Balaban J connectivity index is 1.39. The van der Waals surface area contributed by atoms with Gasteiger partial charge in [-0.3, -0.25) is 14.6 Å². The van der Waals surface area contributed by atoms with E-state index in [1.54, 1.807) is 23.1 Å². The van der Waals surface area contributed by atoms with Crippen LogP contribution in [0.15, 0.2) is 72.2 Å². The number of aliphatic hydroxyl groups is 1. The van der Waals surface area contributed by atoms with Crippen molar-refractivity contribution in [3.05, 3.63) is 83.6 Å². The van der Waals surface area contributed by atoms with Gasteiger partial charge in [-0.1, -0.05) is 18.2 Å². The molecule has 0 aliphatic carbocycles. The molecule has 1 aromatic carbocycles. The topological polar surface area (TPSA) is 56.3 Å². The summed E-state index contributed by atoms with van der Waals surface area (Å²) < 4.78 is 19.2. The maximum atomic E-state index is 14.2. The molecule has 33 heavy (non-hydrogen) atoms. The van der Waals surface area contributed by atoms with Crippen molar-refractivity contribution in [3.63, 3.8) is 0 Å². The lowest BCUT2D eigenvalue weighted by Gasteiger charge is -2.29. The molecule has 0 spiro atoms. The second-order valence-electron chi connectivity index (χ2n) is 8.78. The highest BCUT2D eigenvalue weighted by Crippen LogP contribution is 2.29. The van der Waals surface area contributed by atoms with E-state index in [4.69, 9.17) is 4.74 Å². The number of fused-ring (bicyclic) bond motifs is 1. The van der Waals surface area contributed by atoms with Gasteiger partial charge in [0, 0.05) is 31.1 Å². The number of β-amino-alcohol motifs (C(OH)–C–C–N with tert-alkyl or cyclic N) is 1. The smallest absolute Gasteiger partial charge is 0.255 e. The van der Waals surface area contributed by atoms with Crippen molar-refractivity contribution in [1.82, 2.24) is 14.7 Å². The summed E-state index contributed by atoms with van der Waals surface area (Å²) in [4.78, 5) is 19.3. The number of aliphatic hydroxyl groups excluding tert-OH is 1. The summed E-state index contributed by atoms with van der Waals surface area (Å²) in [7, 11) is 1.42. The number of carbonyl (C=O) groups excluding carboxylic acids is 1. The first-order valence-corrected chi connectivity index (χ1v) is 11.4. The lowest BCUT2D eigenvalue weighted by atomic mass is 10.0. The van der Waals surface area contributed by atoms with Gasteiger partial charge in [0.05, 0.1) is 25.0 Å². The monoisotopic (exact) mass is 449 g/mol. The van der Waals surface area contributed by atoms with Crippen LogP contribution >= 0.6 is 0 Å². The van der Waals surface area contributed by atoms with Gasteiger partial charge in [-0.15, -0.1) is 0 Å². The molecule has 5 rings (SSSR count). The van der Waals surface area contributed by atoms with Gasteiger partial charge >= 0.3 is 0 Å². The Morgan fingerprint density at radius 1 is 1.09 bits per heavy atom. The Hall–Kier alpha value is -3.16. The number of rotatable bonds is 4. The van der Waals surface area contributed by atoms with Crippen LogP contribution in [0.1, 0.15) is 18.4 Å². The minimum Gasteiger partial charge on any atom is -0.494 e. The quantitative estimate of drug-likeness (QED) is 0.766. The van der Waals surface area contributed by atoms with E-state index in [1.165, 1.54) is 32.1 Å². The van der Waals surface area contributed by atoms with Crippen molar-refractivity contribution < 1.29 is 19.0 Å². The van der Waals surface area contributed by atoms with Crippen LogP contribution in [0.3, 0.4) is 0 Å². The standard InChI is InChI=1S/C26H28FN3O3/c1-33-25-10-7-19(13-22(25)27)18-5-4-6-20-8-9-21(15-30(20)26(32)14-18)29-16-23(24(31)17-29)28-11-2-3-12-28/h4-10,13-15,23-24,31H,2-3,11-12,16-17H2,1H3/b5-4?,18-14?,20-6+/t23-,24-/m0/s1.